The molecule has 0 fully saturated rings. The molecule has 0 unspecified atom stereocenters. The Kier molecular flexibility index (Phi) is 7.88. The summed E-state index contributed by atoms with van der Waals surface area (Å²) in [6, 6.07) is 18.6. The van der Waals surface area contributed by atoms with Crippen LogP contribution in [-0.2, 0) is 11.4 Å². The van der Waals surface area contributed by atoms with Crippen LogP contribution >= 0.6 is 27.5 Å². The molecule has 0 aromatic heterocycles. The Labute approximate surface area is 204 Å². The number of anilines is 1. The Morgan fingerprint density at radius 2 is 1.88 bits per heavy atom. The van der Waals surface area contributed by atoms with Crippen LogP contribution in [0, 0.1) is 18.3 Å². The molecule has 0 atom stereocenters. The molecule has 0 aliphatic carbocycles. The lowest BCUT2D eigenvalue weighted by molar-refractivity contribution is -0.112. The Morgan fingerprint density at radius 1 is 1.15 bits per heavy atom. The number of halogens is 2. The van der Waals surface area contributed by atoms with Gasteiger partial charge in [-0.2, -0.15) is 5.26 Å². The minimum Gasteiger partial charge on any atom is -0.488 e. The summed E-state index contributed by atoms with van der Waals surface area (Å²) in [5.74, 6) is -0.960. The van der Waals surface area contributed by atoms with Gasteiger partial charge in [0.25, 0.3) is 5.91 Å². The zero-order valence-corrected chi connectivity index (χ0v) is 19.8. The topological polar surface area (TPSA) is 99.4 Å². The number of hydrogen-bond acceptors (Lipinski definition) is 4. The number of carboxylic acids is 1. The van der Waals surface area contributed by atoms with Crippen molar-refractivity contribution in [3.05, 3.63) is 98.0 Å². The fourth-order valence-corrected chi connectivity index (χ4v) is 3.55. The van der Waals surface area contributed by atoms with Crippen LogP contribution in [0.3, 0.4) is 0 Å². The Bertz CT molecular complexity index is 1280. The van der Waals surface area contributed by atoms with Crippen LogP contribution in [0.1, 0.15) is 27.0 Å². The molecule has 3 aromatic carbocycles. The lowest BCUT2D eigenvalue weighted by atomic mass is 10.1. The normalized spacial score (nSPS) is 10.9. The van der Waals surface area contributed by atoms with Crippen LogP contribution in [0.2, 0.25) is 5.02 Å². The third-order valence-corrected chi connectivity index (χ3v) is 5.53. The van der Waals surface area contributed by atoms with E-state index in [9.17, 15) is 14.9 Å². The first-order chi connectivity index (χ1) is 15.8. The molecule has 166 valence electrons. The second kappa shape index (κ2) is 10.8. The number of amides is 1. The summed E-state index contributed by atoms with van der Waals surface area (Å²) in [6.07, 6.45) is 1.48. The van der Waals surface area contributed by atoms with Crippen LogP contribution in [0.4, 0.5) is 5.69 Å². The van der Waals surface area contributed by atoms with Crippen molar-refractivity contribution < 1.29 is 19.4 Å². The summed E-state index contributed by atoms with van der Waals surface area (Å²) >= 11 is 9.43. The number of nitriles is 1. The van der Waals surface area contributed by atoms with Crippen molar-refractivity contribution in [2.45, 2.75) is 13.5 Å². The standard InChI is InChI=1S/C25H18BrClN2O4/c1-15-2-8-20(27)12-22(15)29-24(30)19(13-28)10-17-5-9-23(21(26)11-17)33-14-16-3-6-18(7-4-16)25(31)32/h2-12H,14H2,1H3,(H,29,30)(H,31,32)/b19-10+. The zero-order valence-electron chi connectivity index (χ0n) is 17.4. The molecular formula is C25H18BrClN2O4. The van der Waals surface area contributed by atoms with Gasteiger partial charge < -0.3 is 15.2 Å². The van der Waals surface area contributed by atoms with Gasteiger partial charge in [-0.3, -0.25) is 4.79 Å². The van der Waals surface area contributed by atoms with Gasteiger partial charge in [-0.25, -0.2) is 4.79 Å². The average Bonchev–Trinajstić information content (AvgIpc) is 2.79. The highest BCUT2D eigenvalue weighted by Gasteiger charge is 2.12. The molecule has 0 spiro atoms. The van der Waals surface area contributed by atoms with Crippen LogP contribution in [-0.4, -0.2) is 17.0 Å². The van der Waals surface area contributed by atoms with Gasteiger partial charge >= 0.3 is 5.97 Å². The summed E-state index contributed by atoms with van der Waals surface area (Å²) in [6.45, 7) is 2.08. The molecule has 0 aliphatic heterocycles. The van der Waals surface area contributed by atoms with E-state index in [2.05, 4.69) is 21.2 Å². The smallest absolute Gasteiger partial charge is 0.335 e. The van der Waals surface area contributed by atoms with E-state index in [1.165, 1.54) is 18.2 Å². The highest BCUT2D eigenvalue weighted by atomic mass is 79.9. The highest BCUT2D eigenvalue weighted by molar-refractivity contribution is 9.10. The first-order valence-electron chi connectivity index (χ1n) is 9.70. The number of carbonyl (C=O) groups excluding carboxylic acids is 1. The third-order valence-electron chi connectivity index (χ3n) is 4.68. The number of nitrogens with one attached hydrogen (secondary N) is 1. The van der Waals surface area contributed by atoms with Crippen LogP contribution in [0.25, 0.3) is 6.08 Å². The minimum absolute atomic E-state index is 0.0616. The number of ether oxygens (including phenoxy) is 1. The fourth-order valence-electron chi connectivity index (χ4n) is 2.86. The van der Waals surface area contributed by atoms with Crippen molar-refractivity contribution >= 4 is 51.2 Å². The molecule has 2 N–H and O–H groups in total. The first-order valence-corrected chi connectivity index (χ1v) is 10.9. The molecule has 0 saturated carbocycles. The van der Waals surface area contributed by atoms with Crippen molar-refractivity contribution in [1.82, 2.24) is 0 Å². The second-order valence-corrected chi connectivity index (χ2v) is 8.35. The molecule has 33 heavy (non-hydrogen) atoms. The molecule has 3 aromatic rings. The summed E-state index contributed by atoms with van der Waals surface area (Å²) in [7, 11) is 0. The van der Waals surface area contributed by atoms with Gasteiger partial charge in [-0.15, -0.1) is 0 Å². The lowest BCUT2D eigenvalue weighted by Gasteiger charge is -2.10. The summed E-state index contributed by atoms with van der Waals surface area (Å²) < 4.78 is 6.43. The van der Waals surface area contributed by atoms with Crippen LogP contribution < -0.4 is 10.1 Å². The molecule has 6 nitrogen and oxygen atoms in total. The van der Waals surface area contributed by atoms with Crippen molar-refractivity contribution in [3.8, 4) is 11.8 Å². The zero-order chi connectivity index (χ0) is 24.0. The summed E-state index contributed by atoms with van der Waals surface area (Å²) in [4.78, 5) is 23.5. The van der Waals surface area contributed by atoms with E-state index >= 15 is 0 Å². The highest BCUT2D eigenvalue weighted by Crippen LogP contribution is 2.28. The summed E-state index contributed by atoms with van der Waals surface area (Å²) in [5, 5.41) is 21.6. The quantitative estimate of drug-likeness (QED) is 0.281. The van der Waals surface area contributed by atoms with Gasteiger partial charge in [0, 0.05) is 10.7 Å². The largest absolute Gasteiger partial charge is 0.488 e. The fraction of sp³-hybridized carbons (Fsp3) is 0.0800. The van der Waals surface area contributed by atoms with E-state index in [1.54, 1.807) is 48.5 Å². The molecule has 1 amide bonds. The molecule has 0 bridgehead atoms. The molecule has 3 rings (SSSR count). The van der Waals surface area contributed by atoms with Gasteiger partial charge in [0.05, 0.1) is 10.0 Å². The Hall–Kier alpha value is -3.60. The Morgan fingerprint density at radius 3 is 2.52 bits per heavy atom. The van der Waals surface area contributed by atoms with Crippen LogP contribution in [0.5, 0.6) is 5.75 Å². The van der Waals surface area contributed by atoms with Crippen LogP contribution in [0.15, 0.2) is 70.7 Å². The van der Waals surface area contributed by atoms with Crippen molar-refractivity contribution in [2.75, 3.05) is 5.32 Å². The lowest BCUT2D eigenvalue weighted by Crippen LogP contribution is -2.14. The van der Waals surface area contributed by atoms with E-state index in [-0.39, 0.29) is 17.7 Å². The number of rotatable bonds is 7. The minimum atomic E-state index is -0.984. The van der Waals surface area contributed by atoms with E-state index < -0.39 is 11.9 Å². The van der Waals surface area contributed by atoms with Gasteiger partial charge in [-0.05, 0) is 82.0 Å². The third kappa shape index (κ3) is 6.45. The average molecular weight is 526 g/mol. The number of benzene rings is 3. The van der Waals surface area contributed by atoms with Gasteiger partial charge in [-0.1, -0.05) is 35.9 Å². The molecule has 0 radical (unpaired) electrons. The predicted octanol–water partition coefficient (Wildman–Crippen LogP) is 6.23. The molecule has 0 saturated heterocycles. The maximum absolute atomic E-state index is 12.6. The van der Waals surface area contributed by atoms with Crippen molar-refractivity contribution in [2.24, 2.45) is 0 Å². The number of aromatic carboxylic acids is 1. The van der Waals surface area contributed by atoms with Gasteiger partial charge in [0.1, 0.15) is 24.0 Å². The monoisotopic (exact) mass is 524 g/mol. The van der Waals surface area contributed by atoms with E-state index in [1.807, 2.05) is 13.0 Å². The van der Waals surface area contributed by atoms with E-state index in [0.717, 1.165) is 11.1 Å². The van der Waals surface area contributed by atoms with E-state index in [0.29, 0.717) is 26.5 Å². The SMILES string of the molecule is Cc1ccc(Cl)cc1NC(=O)/C(C#N)=C/c1ccc(OCc2ccc(C(=O)O)cc2)c(Br)c1. The molecule has 0 heterocycles. The van der Waals surface area contributed by atoms with Crippen molar-refractivity contribution in [3.63, 3.8) is 0 Å². The number of carboxylic acid groups (broad SMARTS) is 1. The molecular weight excluding hydrogens is 508 g/mol. The Balaban J connectivity index is 1.70. The maximum Gasteiger partial charge on any atom is 0.335 e. The van der Waals surface area contributed by atoms with Gasteiger partial charge in [0.2, 0.25) is 0 Å². The molecule has 8 heteroatoms. The van der Waals surface area contributed by atoms with Crippen molar-refractivity contribution in [1.29, 1.82) is 5.26 Å². The number of hydrogen-bond donors (Lipinski definition) is 2. The predicted molar refractivity (Wildman–Crippen MR) is 130 cm³/mol. The number of nitrogens with zero attached hydrogens (tertiary/aromatic N) is 1. The number of aryl methyl sites for hydroxylation is 1. The first kappa shape index (κ1) is 24.1. The second-order valence-electron chi connectivity index (χ2n) is 7.06. The summed E-state index contributed by atoms with van der Waals surface area (Å²) in [5.41, 5.74) is 2.96. The van der Waals surface area contributed by atoms with E-state index in [4.69, 9.17) is 21.4 Å². The maximum atomic E-state index is 12.6. The van der Waals surface area contributed by atoms with Gasteiger partial charge in [0.15, 0.2) is 0 Å². The number of carbonyl (C=O) groups is 2. The molecule has 0 aliphatic rings.